The van der Waals surface area contributed by atoms with E-state index in [1.165, 1.54) is 12.1 Å². The van der Waals surface area contributed by atoms with Crippen molar-refractivity contribution < 1.29 is 43.2 Å². The van der Waals surface area contributed by atoms with E-state index in [9.17, 15) is 9.18 Å². The molecule has 4 rings (SSSR count). The minimum Gasteiger partial charge on any atom is -0.491 e. The van der Waals surface area contributed by atoms with E-state index in [-0.39, 0.29) is 30.2 Å². The van der Waals surface area contributed by atoms with E-state index in [1.54, 1.807) is 12.1 Å². The van der Waals surface area contributed by atoms with Gasteiger partial charge >= 0.3 is 11.9 Å². The number of piperidine rings is 1. The van der Waals surface area contributed by atoms with Crippen molar-refractivity contribution in [1.82, 2.24) is 9.80 Å². The summed E-state index contributed by atoms with van der Waals surface area (Å²) in [4.78, 5) is 36.2. The van der Waals surface area contributed by atoms with Gasteiger partial charge in [0.25, 0.3) is 0 Å². The highest BCUT2D eigenvalue weighted by Crippen LogP contribution is 2.22. The fourth-order valence-electron chi connectivity index (χ4n) is 5.08. The van der Waals surface area contributed by atoms with Gasteiger partial charge in [0.1, 0.15) is 11.6 Å². The summed E-state index contributed by atoms with van der Waals surface area (Å²) >= 11 is 0. The molecule has 0 radical (unpaired) electrons. The molecule has 2 saturated heterocycles. The van der Waals surface area contributed by atoms with Gasteiger partial charge < -0.3 is 34.2 Å². The number of aliphatic carboxylic acids is 2. The number of benzene rings is 2. The van der Waals surface area contributed by atoms with E-state index in [1.807, 2.05) is 43.0 Å². The fourth-order valence-corrected chi connectivity index (χ4v) is 5.08. The zero-order valence-electron chi connectivity index (χ0n) is 25.0. The molecule has 2 N–H and O–H groups in total. The third-order valence-electron chi connectivity index (χ3n) is 7.23. The van der Waals surface area contributed by atoms with Crippen LogP contribution in [-0.4, -0.2) is 89.1 Å². The number of likely N-dealkylation sites (tertiary alicyclic amines) is 1. The maximum atomic E-state index is 13.6. The van der Waals surface area contributed by atoms with Gasteiger partial charge in [0.05, 0.1) is 25.7 Å². The molecule has 11 heteroatoms. The quantitative estimate of drug-likeness (QED) is 0.361. The van der Waals surface area contributed by atoms with E-state index in [0.717, 1.165) is 81.8 Å². The number of amides is 1. The molecule has 2 aromatic rings. The zero-order valence-corrected chi connectivity index (χ0v) is 25.0. The summed E-state index contributed by atoms with van der Waals surface area (Å²) in [6.07, 6.45) is 5.22. The number of rotatable bonds is 11. The standard InChI is InChI=1S/C30H41FN2O4.C2H2O4/c1-23(2)37-28-12-8-24(9-13-28)21-29(34)33(22-25-6-10-26(31)11-7-25)27-14-17-32(18-15-27)16-3-5-30-35-19-4-20-36-30;3-1(4)2(5)6/h6-13,23,27,30H,3-5,14-22H2,1-2H3;(H,3,4)(H,5,6). The van der Waals surface area contributed by atoms with Crippen LogP contribution in [0.4, 0.5) is 4.39 Å². The van der Waals surface area contributed by atoms with Crippen LogP contribution in [0.25, 0.3) is 0 Å². The van der Waals surface area contributed by atoms with Crippen molar-refractivity contribution in [2.45, 2.75) is 77.4 Å². The van der Waals surface area contributed by atoms with Crippen LogP contribution in [0.1, 0.15) is 57.1 Å². The summed E-state index contributed by atoms with van der Waals surface area (Å²) in [5, 5.41) is 14.8. The van der Waals surface area contributed by atoms with Crippen molar-refractivity contribution in [2.75, 3.05) is 32.8 Å². The van der Waals surface area contributed by atoms with E-state index >= 15 is 0 Å². The second-order valence-electron chi connectivity index (χ2n) is 11.0. The summed E-state index contributed by atoms with van der Waals surface area (Å²) in [5.74, 6) is -3.00. The van der Waals surface area contributed by atoms with Crippen LogP contribution < -0.4 is 4.74 Å². The highest BCUT2D eigenvalue weighted by atomic mass is 19.1. The van der Waals surface area contributed by atoms with Crippen LogP contribution >= 0.6 is 0 Å². The van der Waals surface area contributed by atoms with Crippen LogP contribution in [0.2, 0.25) is 0 Å². The Bertz CT molecular complexity index is 1130. The average molecular weight is 603 g/mol. The first-order valence-corrected chi connectivity index (χ1v) is 14.8. The van der Waals surface area contributed by atoms with Gasteiger partial charge in [-0.15, -0.1) is 0 Å². The number of nitrogens with zero attached hydrogens (tertiary/aromatic N) is 2. The molecule has 2 aliphatic rings. The van der Waals surface area contributed by atoms with Crippen molar-refractivity contribution >= 4 is 17.8 Å². The summed E-state index contributed by atoms with van der Waals surface area (Å²) < 4.78 is 30.5. The van der Waals surface area contributed by atoms with Gasteiger partial charge in [-0.05, 0) is 87.9 Å². The van der Waals surface area contributed by atoms with E-state index in [4.69, 9.17) is 34.0 Å². The molecule has 0 atom stereocenters. The molecule has 1 amide bonds. The van der Waals surface area contributed by atoms with Crippen molar-refractivity contribution in [1.29, 1.82) is 0 Å². The van der Waals surface area contributed by atoms with Crippen molar-refractivity contribution in [3.05, 3.63) is 65.5 Å². The number of ether oxygens (including phenoxy) is 3. The number of hydrogen-bond acceptors (Lipinski definition) is 7. The van der Waals surface area contributed by atoms with Gasteiger partial charge in [-0.3, -0.25) is 4.79 Å². The first-order valence-electron chi connectivity index (χ1n) is 14.8. The normalized spacial score (nSPS) is 16.3. The second-order valence-corrected chi connectivity index (χ2v) is 11.0. The van der Waals surface area contributed by atoms with Crippen molar-refractivity contribution in [3.63, 3.8) is 0 Å². The monoisotopic (exact) mass is 602 g/mol. The molecule has 236 valence electrons. The minimum atomic E-state index is -1.82. The Morgan fingerprint density at radius 2 is 1.53 bits per heavy atom. The summed E-state index contributed by atoms with van der Waals surface area (Å²) in [6.45, 7) is 9.03. The maximum absolute atomic E-state index is 13.6. The highest BCUT2D eigenvalue weighted by molar-refractivity contribution is 6.27. The SMILES string of the molecule is CC(C)Oc1ccc(CC(=O)N(Cc2ccc(F)cc2)C2CCN(CCCC3OCCCO3)CC2)cc1.O=C(O)C(=O)O. The highest BCUT2D eigenvalue weighted by Gasteiger charge is 2.28. The smallest absolute Gasteiger partial charge is 0.414 e. The van der Waals surface area contributed by atoms with Gasteiger partial charge in [-0.25, -0.2) is 14.0 Å². The Kier molecular flexibility index (Phi) is 13.9. The number of carboxylic acids is 2. The number of carboxylic acid groups (broad SMARTS) is 2. The predicted molar refractivity (Wildman–Crippen MR) is 157 cm³/mol. The average Bonchev–Trinajstić information content (AvgIpc) is 2.99. The number of carbonyl (C=O) groups excluding carboxylic acids is 1. The molecule has 43 heavy (non-hydrogen) atoms. The predicted octanol–water partition coefficient (Wildman–Crippen LogP) is 4.35. The molecule has 2 aliphatic heterocycles. The second kappa shape index (κ2) is 17.5. The maximum Gasteiger partial charge on any atom is 0.414 e. The van der Waals surface area contributed by atoms with Gasteiger partial charge in [0.15, 0.2) is 6.29 Å². The molecule has 2 heterocycles. The van der Waals surface area contributed by atoms with Gasteiger partial charge in [0.2, 0.25) is 5.91 Å². The van der Waals surface area contributed by atoms with E-state index in [2.05, 4.69) is 4.90 Å². The Balaban J connectivity index is 0.000000765. The van der Waals surface area contributed by atoms with E-state index < -0.39 is 11.9 Å². The molecule has 0 spiro atoms. The third-order valence-corrected chi connectivity index (χ3v) is 7.23. The lowest BCUT2D eigenvalue weighted by Gasteiger charge is -2.39. The van der Waals surface area contributed by atoms with Crippen molar-refractivity contribution in [3.8, 4) is 5.75 Å². The molecule has 2 aromatic carbocycles. The van der Waals surface area contributed by atoms with Crippen LogP contribution in [0.5, 0.6) is 5.75 Å². The van der Waals surface area contributed by atoms with Crippen LogP contribution in [0, 0.1) is 5.82 Å². The molecule has 0 aliphatic carbocycles. The molecular formula is C32H43FN2O8. The summed E-state index contributed by atoms with van der Waals surface area (Å²) in [5.41, 5.74) is 1.92. The Hall–Kier alpha value is -3.54. The first-order chi connectivity index (χ1) is 20.6. The number of carbonyl (C=O) groups is 3. The largest absolute Gasteiger partial charge is 0.491 e. The lowest BCUT2D eigenvalue weighted by molar-refractivity contribution is -0.181. The number of halogens is 1. The van der Waals surface area contributed by atoms with Crippen LogP contribution in [0.3, 0.4) is 0 Å². The van der Waals surface area contributed by atoms with Crippen LogP contribution in [0.15, 0.2) is 48.5 Å². The van der Waals surface area contributed by atoms with E-state index in [0.29, 0.717) is 13.0 Å². The Morgan fingerprint density at radius 1 is 0.953 bits per heavy atom. The lowest BCUT2D eigenvalue weighted by Crippen LogP contribution is -2.47. The Labute approximate surface area is 252 Å². The molecular weight excluding hydrogens is 559 g/mol. The van der Waals surface area contributed by atoms with Crippen molar-refractivity contribution in [2.24, 2.45) is 0 Å². The van der Waals surface area contributed by atoms with Gasteiger partial charge in [-0.1, -0.05) is 24.3 Å². The number of hydrogen-bond donors (Lipinski definition) is 2. The fraction of sp³-hybridized carbons (Fsp3) is 0.531. The molecule has 0 bridgehead atoms. The van der Waals surface area contributed by atoms with Gasteiger partial charge in [0, 0.05) is 25.7 Å². The van der Waals surface area contributed by atoms with Gasteiger partial charge in [-0.2, -0.15) is 0 Å². The summed E-state index contributed by atoms with van der Waals surface area (Å²) in [7, 11) is 0. The molecule has 0 aromatic heterocycles. The zero-order chi connectivity index (χ0) is 31.2. The topological polar surface area (TPSA) is 126 Å². The molecule has 0 unspecified atom stereocenters. The minimum absolute atomic E-state index is 0.0545. The first kappa shape index (κ1) is 34.0. The molecule has 0 saturated carbocycles. The lowest BCUT2D eigenvalue weighted by atomic mass is 10.00. The van der Waals surface area contributed by atoms with Crippen LogP contribution in [-0.2, 0) is 36.8 Å². The Morgan fingerprint density at radius 3 is 2.09 bits per heavy atom. The molecule has 10 nitrogen and oxygen atoms in total. The third kappa shape index (κ3) is 12.3. The summed E-state index contributed by atoms with van der Waals surface area (Å²) in [6, 6.07) is 14.4. The molecule has 2 fully saturated rings.